The minimum absolute atomic E-state index is 0.240. The lowest BCUT2D eigenvalue weighted by Crippen LogP contribution is -2.19. The van der Waals surface area contributed by atoms with Gasteiger partial charge in [-0.1, -0.05) is 29.8 Å². The molecule has 2 atom stereocenters. The maximum atomic E-state index is 11.5. The van der Waals surface area contributed by atoms with Gasteiger partial charge in [-0.15, -0.1) is 0 Å². The van der Waals surface area contributed by atoms with Crippen molar-refractivity contribution < 1.29 is 8.42 Å². The number of halogens is 1. The Hall–Kier alpha value is 0.430. The average molecular weight is 285 g/mol. The largest absolute Gasteiger partial charge is 0.229 e. The first kappa shape index (κ1) is 14.4. The smallest absolute Gasteiger partial charge is 0.152 e. The Morgan fingerprint density at radius 1 is 1.14 bits per heavy atom. The predicted octanol–water partition coefficient (Wildman–Crippen LogP) is 3.01. The number of hydrogen-bond acceptors (Lipinski definition) is 2. The van der Waals surface area contributed by atoms with Crippen molar-refractivity contribution in [1.82, 2.24) is 0 Å². The molecule has 0 aliphatic rings. The number of hydrogen-bond donors (Lipinski definition) is 0. The van der Waals surface area contributed by atoms with Crippen LogP contribution in [0.1, 0.15) is 40.5 Å². The fourth-order valence-corrected chi connectivity index (χ4v) is 3.11. The fourth-order valence-electron chi connectivity index (χ4n) is 1.27. The van der Waals surface area contributed by atoms with Crippen LogP contribution in [0.15, 0.2) is 0 Å². The molecule has 0 rings (SSSR count). The highest BCUT2D eigenvalue weighted by molar-refractivity contribution is 9.09. The molecule has 86 valence electrons. The summed E-state index contributed by atoms with van der Waals surface area (Å²) in [7, 11) is -2.84. The monoisotopic (exact) mass is 284 g/mol. The van der Waals surface area contributed by atoms with Gasteiger partial charge in [0.05, 0.1) is 11.0 Å². The Morgan fingerprint density at radius 3 is 2.00 bits per heavy atom. The summed E-state index contributed by atoms with van der Waals surface area (Å²) < 4.78 is 23.0. The van der Waals surface area contributed by atoms with Crippen LogP contribution in [0.25, 0.3) is 0 Å². The number of sulfone groups is 1. The first-order chi connectivity index (χ1) is 6.25. The Bertz CT molecular complexity index is 245. The van der Waals surface area contributed by atoms with Crippen LogP contribution in [0.5, 0.6) is 0 Å². The summed E-state index contributed by atoms with van der Waals surface area (Å²) in [4.78, 5) is 0.472. The molecule has 0 heterocycles. The van der Waals surface area contributed by atoms with Crippen molar-refractivity contribution in [2.45, 2.75) is 50.6 Å². The molecule has 0 aromatic rings. The van der Waals surface area contributed by atoms with E-state index in [1.165, 1.54) is 0 Å². The van der Waals surface area contributed by atoms with Gasteiger partial charge in [-0.3, -0.25) is 0 Å². The van der Waals surface area contributed by atoms with E-state index in [2.05, 4.69) is 29.8 Å². The first-order valence-corrected chi connectivity index (χ1v) is 7.74. The van der Waals surface area contributed by atoms with E-state index in [-0.39, 0.29) is 5.25 Å². The van der Waals surface area contributed by atoms with E-state index in [1.54, 1.807) is 13.8 Å². The summed E-state index contributed by atoms with van der Waals surface area (Å²) in [6, 6.07) is 0. The van der Waals surface area contributed by atoms with E-state index < -0.39 is 9.84 Å². The predicted molar refractivity (Wildman–Crippen MR) is 65.7 cm³/mol. The molecule has 0 saturated carbocycles. The van der Waals surface area contributed by atoms with E-state index in [4.69, 9.17) is 0 Å². The molecular formula is C10H21BrO2S. The summed E-state index contributed by atoms with van der Waals surface area (Å²) in [5.41, 5.74) is 0. The molecule has 0 saturated heterocycles. The summed E-state index contributed by atoms with van der Waals surface area (Å²) in [6.07, 6.45) is 1.81. The quantitative estimate of drug-likeness (QED) is 0.703. The lowest BCUT2D eigenvalue weighted by atomic mass is 10.0. The third-order valence-corrected chi connectivity index (χ3v) is 4.96. The van der Waals surface area contributed by atoms with Crippen LogP contribution < -0.4 is 0 Å². The van der Waals surface area contributed by atoms with E-state index in [0.29, 0.717) is 16.5 Å². The van der Waals surface area contributed by atoms with Gasteiger partial charge in [-0.25, -0.2) is 8.42 Å². The van der Waals surface area contributed by atoms with E-state index in [9.17, 15) is 8.42 Å². The van der Waals surface area contributed by atoms with Crippen LogP contribution in [-0.2, 0) is 9.84 Å². The van der Waals surface area contributed by atoms with Crippen molar-refractivity contribution in [1.29, 1.82) is 0 Å². The third-order valence-electron chi connectivity index (χ3n) is 2.34. The summed E-state index contributed by atoms with van der Waals surface area (Å²) in [5, 5.41) is -0.240. The molecule has 0 radical (unpaired) electrons. The molecule has 0 aromatic carbocycles. The molecular weight excluding hydrogens is 264 g/mol. The van der Waals surface area contributed by atoms with Crippen LogP contribution in [0.2, 0.25) is 0 Å². The molecule has 0 fully saturated rings. The molecule has 14 heavy (non-hydrogen) atoms. The molecule has 0 N–H and O–H groups in total. The summed E-state index contributed by atoms with van der Waals surface area (Å²) >= 11 is 3.47. The van der Waals surface area contributed by atoms with Crippen LogP contribution in [0.3, 0.4) is 0 Å². The van der Waals surface area contributed by atoms with Crippen LogP contribution >= 0.6 is 15.9 Å². The zero-order valence-electron chi connectivity index (χ0n) is 9.46. The van der Waals surface area contributed by atoms with Gasteiger partial charge < -0.3 is 0 Å². The van der Waals surface area contributed by atoms with Crippen molar-refractivity contribution in [3.63, 3.8) is 0 Å². The van der Waals surface area contributed by atoms with Crippen molar-refractivity contribution >= 4 is 25.8 Å². The normalized spacial score (nSPS) is 17.0. The number of alkyl halides is 1. The second-order valence-corrected chi connectivity index (χ2v) is 8.57. The van der Waals surface area contributed by atoms with Crippen molar-refractivity contribution in [2.24, 2.45) is 5.92 Å². The van der Waals surface area contributed by atoms with Crippen molar-refractivity contribution in [3.8, 4) is 0 Å². The van der Waals surface area contributed by atoms with Crippen LogP contribution in [-0.4, -0.2) is 24.2 Å². The van der Waals surface area contributed by atoms with Crippen molar-refractivity contribution in [2.75, 3.05) is 5.75 Å². The van der Waals surface area contributed by atoms with Crippen LogP contribution in [0.4, 0.5) is 0 Å². The van der Waals surface area contributed by atoms with Gasteiger partial charge in [-0.05, 0) is 32.6 Å². The lowest BCUT2D eigenvalue weighted by Gasteiger charge is -2.14. The second kappa shape index (κ2) is 6.11. The Morgan fingerprint density at radius 2 is 1.64 bits per heavy atom. The van der Waals surface area contributed by atoms with E-state index in [1.807, 2.05) is 0 Å². The van der Waals surface area contributed by atoms with E-state index in [0.717, 1.165) is 12.8 Å². The highest BCUT2D eigenvalue weighted by Gasteiger charge is 2.17. The molecule has 0 aliphatic heterocycles. The molecule has 0 amide bonds. The molecule has 0 bridgehead atoms. The van der Waals surface area contributed by atoms with E-state index >= 15 is 0 Å². The molecule has 2 unspecified atom stereocenters. The third kappa shape index (κ3) is 6.02. The Balaban J connectivity index is 3.95. The molecule has 4 heteroatoms. The van der Waals surface area contributed by atoms with Gasteiger partial charge in [-0.2, -0.15) is 0 Å². The SMILES string of the molecule is CC(Br)CC(C)CCS(=O)(=O)C(C)C. The van der Waals surface area contributed by atoms with Gasteiger partial charge in [0.15, 0.2) is 9.84 Å². The standard InChI is InChI=1S/C10H21BrO2S/c1-8(2)14(12,13)6-5-9(3)7-10(4)11/h8-10H,5-7H2,1-4H3. The lowest BCUT2D eigenvalue weighted by molar-refractivity contribution is 0.510. The maximum absolute atomic E-state index is 11.5. The van der Waals surface area contributed by atoms with Crippen molar-refractivity contribution in [3.05, 3.63) is 0 Å². The maximum Gasteiger partial charge on any atom is 0.152 e. The second-order valence-electron chi connectivity index (χ2n) is 4.33. The molecule has 0 aromatic heterocycles. The summed E-state index contributed by atoms with van der Waals surface area (Å²) in [5.74, 6) is 0.795. The highest BCUT2D eigenvalue weighted by atomic mass is 79.9. The van der Waals surface area contributed by atoms with Gasteiger partial charge in [0, 0.05) is 4.83 Å². The van der Waals surface area contributed by atoms with Gasteiger partial charge >= 0.3 is 0 Å². The Labute approximate surface area is 96.5 Å². The van der Waals surface area contributed by atoms with Crippen LogP contribution in [0, 0.1) is 5.92 Å². The first-order valence-electron chi connectivity index (χ1n) is 5.11. The van der Waals surface area contributed by atoms with Gasteiger partial charge in [0.1, 0.15) is 0 Å². The summed E-state index contributed by atoms with van der Waals surface area (Å²) in [6.45, 7) is 7.68. The molecule has 2 nitrogen and oxygen atoms in total. The zero-order valence-corrected chi connectivity index (χ0v) is 11.9. The zero-order chi connectivity index (χ0) is 11.4. The van der Waals surface area contributed by atoms with Gasteiger partial charge in [0.2, 0.25) is 0 Å². The Kier molecular flexibility index (Phi) is 6.30. The highest BCUT2D eigenvalue weighted by Crippen LogP contribution is 2.17. The minimum atomic E-state index is -2.84. The van der Waals surface area contributed by atoms with Gasteiger partial charge in [0.25, 0.3) is 0 Å². The molecule has 0 spiro atoms. The topological polar surface area (TPSA) is 34.1 Å². The number of rotatable bonds is 6. The molecule has 0 aliphatic carbocycles. The fraction of sp³-hybridized carbons (Fsp3) is 1.00. The minimum Gasteiger partial charge on any atom is -0.229 e. The average Bonchev–Trinajstić information content (AvgIpc) is 1.99.